The Morgan fingerprint density at radius 3 is 2.57 bits per heavy atom. The number of rotatable bonds is 2. The summed E-state index contributed by atoms with van der Waals surface area (Å²) in [6.45, 7) is -0.428. The quantitative estimate of drug-likeness (QED) is 0.208. The molecule has 1 aliphatic heterocycles. The number of aliphatic hydroxyl groups excluding tert-OH is 3. The minimum Gasteiger partial charge on any atom is -0.394 e. The van der Waals surface area contributed by atoms with Crippen molar-refractivity contribution >= 4 is 12.6 Å². The van der Waals surface area contributed by atoms with Gasteiger partial charge >= 0.3 is 0 Å². The van der Waals surface area contributed by atoms with Crippen molar-refractivity contribution in [3.05, 3.63) is 10.4 Å². The van der Waals surface area contributed by atoms with Crippen LogP contribution in [0.2, 0.25) is 0 Å². The van der Waals surface area contributed by atoms with Crippen molar-refractivity contribution in [2.45, 2.75) is 29.8 Å². The average molecular weight is 221 g/mol. The van der Waals surface area contributed by atoms with Crippen LogP contribution in [0.4, 0.5) is 0 Å². The number of thiol groups is 1. The summed E-state index contributed by atoms with van der Waals surface area (Å²) in [5.74, 6) is 0. The summed E-state index contributed by atoms with van der Waals surface area (Å²) in [4.78, 5) is 2.50. The standard InChI is InChI=1S/C6H11N3O4S/c7-9-8-3-4(11)2(1-10)13-6(14)5(3)12/h2-6,10-12,14H,1H2/t2?,3-,4-,5?,6-/m0/s1. The number of aliphatic hydroxyl groups is 3. The highest BCUT2D eigenvalue weighted by atomic mass is 32.1. The van der Waals surface area contributed by atoms with Gasteiger partial charge in [-0.2, -0.15) is 0 Å². The molecule has 0 spiro atoms. The molecule has 7 nitrogen and oxygen atoms in total. The van der Waals surface area contributed by atoms with Crippen LogP contribution in [-0.2, 0) is 4.74 Å². The molecule has 0 aromatic heterocycles. The molecule has 0 aliphatic carbocycles. The molecule has 0 aromatic carbocycles. The summed E-state index contributed by atoms with van der Waals surface area (Å²) >= 11 is 3.88. The highest BCUT2D eigenvalue weighted by molar-refractivity contribution is 7.80. The summed E-state index contributed by atoms with van der Waals surface area (Å²) < 4.78 is 4.97. The molecule has 3 N–H and O–H groups in total. The maximum atomic E-state index is 9.50. The van der Waals surface area contributed by atoms with E-state index in [1.54, 1.807) is 0 Å². The van der Waals surface area contributed by atoms with Crippen molar-refractivity contribution in [2.75, 3.05) is 6.61 Å². The van der Waals surface area contributed by atoms with Crippen LogP contribution in [0.25, 0.3) is 10.4 Å². The van der Waals surface area contributed by atoms with Gasteiger partial charge in [0.15, 0.2) is 0 Å². The molecule has 2 unspecified atom stereocenters. The van der Waals surface area contributed by atoms with E-state index >= 15 is 0 Å². The number of azide groups is 1. The van der Waals surface area contributed by atoms with Crippen LogP contribution in [0.5, 0.6) is 0 Å². The summed E-state index contributed by atoms with van der Waals surface area (Å²) in [5, 5.41) is 31.0. The fraction of sp³-hybridized carbons (Fsp3) is 1.00. The smallest absolute Gasteiger partial charge is 0.127 e. The summed E-state index contributed by atoms with van der Waals surface area (Å²) in [6.07, 6.45) is -3.31. The van der Waals surface area contributed by atoms with Crippen molar-refractivity contribution in [3.63, 3.8) is 0 Å². The van der Waals surface area contributed by atoms with Gasteiger partial charge in [0.05, 0.1) is 18.8 Å². The lowest BCUT2D eigenvalue weighted by atomic mass is 9.98. The van der Waals surface area contributed by atoms with E-state index in [9.17, 15) is 10.2 Å². The molecular weight excluding hydrogens is 210 g/mol. The van der Waals surface area contributed by atoms with Crippen molar-refractivity contribution < 1.29 is 20.1 Å². The fourth-order valence-corrected chi connectivity index (χ4v) is 1.61. The molecule has 80 valence electrons. The van der Waals surface area contributed by atoms with Gasteiger partial charge in [0.2, 0.25) is 0 Å². The molecule has 1 heterocycles. The number of ether oxygens (including phenoxy) is 1. The maximum Gasteiger partial charge on any atom is 0.127 e. The third kappa shape index (κ3) is 2.11. The molecule has 8 heteroatoms. The Labute approximate surface area is 85.3 Å². The number of nitrogens with zero attached hydrogens (tertiary/aromatic N) is 3. The van der Waals surface area contributed by atoms with E-state index in [4.69, 9.17) is 15.4 Å². The van der Waals surface area contributed by atoms with Gasteiger partial charge in [-0.15, -0.1) is 12.6 Å². The van der Waals surface area contributed by atoms with Crippen molar-refractivity contribution in [1.29, 1.82) is 0 Å². The Bertz CT molecular complexity index is 247. The summed E-state index contributed by atoms with van der Waals surface area (Å²) in [7, 11) is 0. The van der Waals surface area contributed by atoms with E-state index in [-0.39, 0.29) is 0 Å². The predicted octanol–water partition coefficient (Wildman–Crippen LogP) is -0.966. The first-order valence-corrected chi connectivity index (χ1v) is 4.48. The minimum atomic E-state index is -1.23. The Hall–Kier alpha value is -0.500. The predicted molar refractivity (Wildman–Crippen MR) is 49.7 cm³/mol. The summed E-state index contributed by atoms with van der Waals surface area (Å²) in [6, 6.07) is -1.05. The average Bonchev–Trinajstić information content (AvgIpc) is 2.18. The second-order valence-electron chi connectivity index (χ2n) is 2.92. The van der Waals surface area contributed by atoms with Crippen molar-refractivity contribution in [3.8, 4) is 0 Å². The SMILES string of the molecule is [N-]=[N+]=N[C@@H]1C(O)[C@H](S)OC(CO)[C@@H]1O. The highest BCUT2D eigenvalue weighted by Gasteiger charge is 2.42. The van der Waals surface area contributed by atoms with Gasteiger partial charge in [-0.25, -0.2) is 0 Å². The maximum absolute atomic E-state index is 9.50. The Kier molecular flexibility index (Phi) is 3.99. The lowest BCUT2D eigenvalue weighted by Gasteiger charge is -2.38. The van der Waals surface area contributed by atoms with Gasteiger partial charge < -0.3 is 20.1 Å². The van der Waals surface area contributed by atoms with Gasteiger partial charge in [-0.05, 0) is 5.53 Å². The molecule has 1 rings (SSSR count). The van der Waals surface area contributed by atoms with Gasteiger partial charge in [-0.1, -0.05) is 5.11 Å². The lowest BCUT2D eigenvalue weighted by molar-refractivity contribution is -0.159. The molecule has 1 aliphatic rings. The van der Waals surface area contributed by atoms with Crippen LogP contribution >= 0.6 is 12.6 Å². The van der Waals surface area contributed by atoms with Crippen LogP contribution in [0.1, 0.15) is 0 Å². The van der Waals surface area contributed by atoms with Crippen molar-refractivity contribution in [1.82, 2.24) is 0 Å². The van der Waals surface area contributed by atoms with Crippen LogP contribution in [-0.4, -0.2) is 51.7 Å². The second kappa shape index (κ2) is 4.83. The molecule has 0 bridgehead atoms. The molecule has 1 fully saturated rings. The van der Waals surface area contributed by atoms with E-state index in [0.29, 0.717) is 0 Å². The van der Waals surface area contributed by atoms with Crippen LogP contribution in [0.15, 0.2) is 5.11 Å². The molecule has 0 saturated carbocycles. The third-order valence-electron chi connectivity index (χ3n) is 2.05. The van der Waals surface area contributed by atoms with E-state index in [1.165, 1.54) is 0 Å². The molecule has 1 saturated heterocycles. The molecular formula is C6H11N3O4S. The molecule has 0 aromatic rings. The van der Waals surface area contributed by atoms with E-state index < -0.39 is 36.4 Å². The number of hydrogen-bond donors (Lipinski definition) is 4. The zero-order valence-corrected chi connectivity index (χ0v) is 8.03. The second-order valence-corrected chi connectivity index (χ2v) is 3.43. The molecule has 14 heavy (non-hydrogen) atoms. The van der Waals surface area contributed by atoms with Crippen LogP contribution in [0.3, 0.4) is 0 Å². The molecule has 5 atom stereocenters. The van der Waals surface area contributed by atoms with Crippen molar-refractivity contribution in [2.24, 2.45) is 5.11 Å². The number of hydrogen-bond acceptors (Lipinski definition) is 6. The first-order chi connectivity index (χ1) is 6.61. The Morgan fingerprint density at radius 1 is 1.43 bits per heavy atom. The molecule has 0 radical (unpaired) electrons. The third-order valence-corrected chi connectivity index (χ3v) is 2.48. The zero-order valence-electron chi connectivity index (χ0n) is 7.13. The lowest BCUT2D eigenvalue weighted by Crippen LogP contribution is -2.56. The molecule has 0 amide bonds. The minimum absolute atomic E-state index is 0.428. The van der Waals surface area contributed by atoms with Gasteiger partial charge in [0.25, 0.3) is 0 Å². The topological polar surface area (TPSA) is 119 Å². The van der Waals surface area contributed by atoms with Crippen LogP contribution in [0, 0.1) is 0 Å². The summed E-state index contributed by atoms with van der Waals surface area (Å²) in [5.41, 5.74) is 7.32. The Morgan fingerprint density at radius 2 is 2.07 bits per heavy atom. The first kappa shape index (κ1) is 11.6. The Balaban J connectivity index is 2.82. The monoisotopic (exact) mass is 221 g/mol. The fourth-order valence-electron chi connectivity index (χ4n) is 1.28. The first-order valence-electron chi connectivity index (χ1n) is 3.96. The van der Waals surface area contributed by atoms with E-state index in [1.807, 2.05) is 0 Å². The van der Waals surface area contributed by atoms with Crippen LogP contribution < -0.4 is 0 Å². The normalized spacial score (nSPS) is 43.0. The van der Waals surface area contributed by atoms with E-state index in [2.05, 4.69) is 22.7 Å². The highest BCUT2D eigenvalue weighted by Crippen LogP contribution is 2.25. The zero-order chi connectivity index (χ0) is 10.7. The van der Waals surface area contributed by atoms with Gasteiger partial charge in [-0.3, -0.25) is 0 Å². The van der Waals surface area contributed by atoms with Gasteiger partial charge in [0, 0.05) is 4.91 Å². The largest absolute Gasteiger partial charge is 0.394 e. The van der Waals surface area contributed by atoms with E-state index in [0.717, 1.165) is 0 Å². The van der Waals surface area contributed by atoms with Gasteiger partial charge in [0.1, 0.15) is 17.6 Å².